The molecule has 0 saturated carbocycles. The molecule has 0 spiro atoms. The number of methoxy groups -OCH3 is 1. The number of pyridine rings is 1. The average Bonchev–Trinajstić information content (AvgIpc) is 2.18. The van der Waals surface area contributed by atoms with Crippen LogP contribution in [0.4, 0.5) is 0 Å². The summed E-state index contributed by atoms with van der Waals surface area (Å²) in [7, 11) is 1.59. The highest BCUT2D eigenvalue weighted by Crippen LogP contribution is 2.24. The van der Waals surface area contributed by atoms with Crippen LogP contribution < -0.4 is 4.74 Å². The van der Waals surface area contributed by atoms with E-state index in [9.17, 15) is 0 Å². The van der Waals surface area contributed by atoms with Gasteiger partial charge in [0.2, 0.25) is 5.88 Å². The summed E-state index contributed by atoms with van der Waals surface area (Å²) in [6.45, 7) is 2.15. The number of aliphatic hydroxyl groups excluding tert-OH is 1. The van der Waals surface area contributed by atoms with Crippen molar-refractivity contribution in [3.8, 4) is 5.88 Å². The second kappa shape index (κ2) is 5.09. The predicted molar refractivity (Wildman–Crippen MR) is 53.2 cm³/mol. The van der Waals surface area contributed by atoms with E-state index in [-0.39, 0.29) is 11.9 Å². The largest absolute Gasteiger partial charge is 0.481 e. The molecular weight excluding hydrogens is 186 g/mol. The molecule has 0 saturated heterocycles. The Labute approximate surface area is 82.1 Å². The van der Waals surface area contributed by atoms with E-state index in [1.165, 1.54) is 0 Å². The average molecular weight is 199 g/mol. The smallest absolute Gasteiger partial charge is 0.214 e. The molecule has 0 bridgehead atoms. The maximum atomic E-state index is 8.85. The molecule has 0 radical (unpaired) electrons. The van der Waals surface area contributed by atoms with Crippen LogP contribution in [-0.2, 0) is 0 Å². The molecule has 0 aromatic carbocycles. The van der Waals surface area contributed by atoms with Crippen LogP contribution in [0.5, 0.6) is 5.88 Å². The molecule has 0 amide bonds. The summed E-state index contributed by atoms with van der Waals surface area (Å²) in [5, 5.41) is 9.06. The van der Waals surface area contributed by atoms with Crippen LogP contribution in [-0.4, -0.2) is 29.1 Å². The number of thioether (sulfide) groups is 1. The van der Waals surface area contributed by atoms with E-state index < -0.39 is 0 Å². The van der Waals surface area contributed by atoms with Gasteiger partial charge in [0.1, 0.15) is 0 Å². The van der Waals surface area contributed by atoms with Crippen molar-refractivity contribution in [1.82, 2.24) is 4.98 Å². The molecule has 1 atom stereocenters. The fourth-order valence-electron chi connectivity index (χ4n) is 0.846. The normalized spacial score (nSPS) is 12.5. The van der Waals surface area contributed by atoms with Gasteiger partial charge in [-0.15, -0.1) is 11.8 Å². The Balaban J connectivity index is 2.66. The van der Waals surface area contributed by atoms with Crippen LogP contribution in [0.3, 0.4) is 0 Å². The number of aliphatic hydroxyl groups is 1. The third kappa shape index (κ3) is 3.24. The van der Waals surface area contributed by atoms with E-state index in [1.807, 2.05) is 19.1 Å². The van der Waals surface area contributed by atoms with Crippen molar-refractivity contribution in [3.05, 3.63) is 18.3 Å². The molecule has 1 heterocycles. The van der Waals surface area contributed by atoms with Gasteiger partial charge < -0.3 is 9.84 Å². The van der Waals surface area contributed by atoms with Crippen LogP contribution in [0, 0.1) is 0 Å². The number of rotatable bonds is 4. The zero-order chi connectivity index (χ0) is 9.68. The number of aromatic nitrogens is 1. The molecule has 1 unspecified atom stereocenters. The minimum Gasteiger partial charge on any atom is -0.481 e. The Bertz CT molecular complexity index is 268. The second-order valence-electron chi connectivity index (χ2n) is 2.64. The van der Waals surface area contributed by atoms with Gasteiger partial charge in [0, 0.05) is 22.4 Å². The Hall–Kier alpha value is -0.740. The quantitative estimate of drug-likeness (QED) is 0.747. The van der Waals surface area contributed by atoms with E-state index in [0.29, 0.717) is 5.88 Å². The maximum Gasteiger partial charge on any atom is 0.214 e. The zero-order valence-electron chi connectivity index (χ0n) is 7.73. The van der Waals surface area contributed by atoms with E-state index in [0.717, 1.165) is 4.90 Å². The maximum absolute atomic E-state index is 8.85. The van der Waals surface area contributed by atoms with E-state index in [2.05, 4.69) is 4.98 Å². The number of hydrogen-bond donors (Lipinski definition) is 1. The molecule has 72 valence electrons. The van der Waals surface area contributed by atoms with Crippen LogP contribution in [0.15, 0.2) is 23.2 Å². The molecule has 0 aliphatic carbocycles. The van der Waals surface area contributed by atoms with Crippen molar-refractivity contribution in [2.24, 2.45) is 0 Å². The van der Waals surface area contributed by atoms with E-state index >= 15 is 0 Å². The molecule has 1 N–H and O–H groups in total. The SMILES string of the molecule is COc1cc(SC(C)CO)ccn1. The number of ether oxygens (including phenoxy) is 1. The first-order valence-corrected chi connectivity index (χ1v) is 4.91. The highest BCUT2D eigenvalue weighted by atomic mass is 32.2. The highest BCUT2D eigenvalue weighted by molar-refractivity contribution is 8.00. The van der Waals surface area contributed by atoms with Crippen molar-refractivity contribution in [1.29, 1.82) is 0 Å². The second-order valence-corrected chi connectivity index (χ2v) is 4.16. The summed E-state index contributed by atoms with van der Waals surface area (Å²) in [4.78, 5) is 5.06. The topological polar surface area (TPSA) is 42.4 Å². The third-order valence-electron chi connectivity index (χ3n) is 1.51. The van der Waals surface area contributed by atoms with Crippen LogP contribution >= 0.6 is 11.8 Å². The molecule has 0 aliphatic rings. The third-order valence-corrected chi connectivity index (χ3v) is 2.59. The number of nitrogens with zero attached hydrogens (tertiary/aromatic N) is 1. The van der Waals surface area contributed by atoms with Gasteiger partial charge in [-0.1, -0.05) is 6.92 Å². The molecule has 4 heteroatoms. The molecule has 0 fully saturated rings. The lowest BCUT2D eigenvalue weighted by molar-refractivity contribution is 0.300. The van der Waals surface area contributed by atoms with Crippen LogP contribution in [0.25, 0.3) is 0 Å². The lowest BCUT2D eigenvalue weighted by Gasteiger charge is -2.07. The van der Waals surface area contributed by atoms with Gasteiger partial charge in [0.15, 0.2) is 0 Å². The van der Waals surface area contributed by atoms with Crippen molar-refractivity contribution < 1.29 is 9.84 Å². The predicted octanol–water partition coefficient (Wildman–Crippen LogP) is 1.56. The van der Waals surface area contributed by atoms with Gasteiger partial charge in [0.25, 0.3) is 0 Å². The highest BCUT2D eigenvalue weighted by Gasteiger charge is 2.03. The Morgan fingerprint density at radius 3 is 3.08 bits per heavy atom. The van der Waals surface area contributed by atoms with E-state index in [4.69, 9.17) is 9.84 Å². The van der Waals surface area contributed by atoms with Crippen LogP contribution in [0.2, 0.25) is 0 Å². The summed E-state index contributed by atoms with van der Waals surface area (Å²) in [6, 6.07) is 3.76. The molecule has 13 heavy (non-hydrogen) atoms. The summed E-state index contributed by atoms with van der Waals surface area (Å²) in [5.41, 5.74) is 0. The van der Waals surface area contributed by atoms with Crippen molar-refractivity contribution >= 4 is 11.8 Å². The van der Waals surface area contributed by atoms with Gasteiger partial charge in [-0.3, -0.25) is 0 Å². The lowest BCUT2D eigenvalue weighted by Crippen LogP contribution is -2.01. The monoisotopic (exact) mass is 199 g/mol. The zero-order valence-corrected chi connectivity index (χ0v) is 8.54. The van der Waals surface area contributed by atoms with Gasteiger partial charge in [-0.2, -0.15) is 0 Å². The minimum atomic E-state index is 0.176. The molecule has 3 nitrogen and oxygen atoms in total. The first-order chi connectivity index (χ1) is 6.26. The van der Waals surface area contributed by atoms with Gasteiger partial charge in [-0.05, 0) is 6.07 Å². The molecule has 1 aromatic heterocycles. The summed E-state index contributed by atoms with van der Waals surface area (Å²) in [6.07, 6.45) is 1.70. The van der Waals surface area contributed by atoms with Crippen molar-refractivity contribution in [2.75, 3.05) is 13.7 Å². The lowest BCUT2D eigenvalue weighted by atomic mass is 10.5. The summed E-state index contributed by atoms with van der Waals surface area (Å²) < 4.78 is 4.98. The Kier molecular flexibility index (Phi) is 4.05. The standard InChI is InChI=1S/C9H13NO2S/c1-7(6-11)13-8-3-4-10-9(5-8)12-2/h3-5,7,11H,6H2,1-2H3. The van der Waals surface area contributed by atoms with Crippen LogP contribution in [0.1, 0.15) is 6.92 Å². The van der Waals surface area contributed by atoms with Gasteiger partial charge >= 0.3 is 0 Å². The van der Waals surface area contributed by atoms with Gasteiger partial charge in [0.05, 0.1) is 13.7 Å². The van der Waals surface area contributed by atoms with Crippen molar-refractivity contribution in [2.45, 2.75) is 17.1 Å². The summed E-state index contributed by atoms with van der Waals surface area (Å²) in [5.74, 6) is 0.607. The molecule has 1 rings (SSSR count). The van der Waals surface area contributed by atoms with Crippen molar-refractivity contribution in [3.63, 3.8) is 0 Å². The molecule has 0 aliphatic heterocycles. The van der Waals surface area contributed by atoms with E-state index in [1.54, 1.807) is 25.1 Å². The van der Waals surface area contributed by atoms with Gasteiger partial charge in [-0.25, -0.2) is 4.98 Å². The Morgan fingerprint density at radius 2 is 2.46 bits per heavy atom. The first-order valence-electron chi connectivity index (χ1n) is 4.04. The fraction of sp³-hybridized carbons (Fsp3) is 0.444. The first kappa shape index (κ1) is 10.3. The molecular formula is C9H13NO2S. The fourth-order valence-corrected chi connectivity index (χ4v) is 1.69. The Morgan fingerprint density at radius 1 is 1.69 bits per heavy atom. The molecule has 1 aromatic rings. The minimum absolute atomic E-state index is 0.176. The number of hydrogen-bond acceptors (Lipinski definition) is 4. The summed E-state index contributed by atoms with van der Waals surface area (Å²) >= 11 is 1.60.